The van der Waals surface area contributed by atoms with Gasteiger partial charge in [-0.05, 0) is 49.7 Å². The molecule has 1 amide bonds. The molecule has 0 radical (unpaired) electrons. The average molecular weight is 512 g/mol. The van der Waals surface area contributed by atoms with Gasteiger partial charge in [0.2, 0.25) is 5.91 Å². The largest absolute Gasteiger partial charge is 0.481 e. The molecule has 0 spiro atoms. The summed E-state index contributed by atoms with van der Waals surface area (Å²) >= 11 is 19.4. The molecule has 1 heterocycles. The Balaban J connectivity index is 1.69. The fourth-order valence-corrected chi connectivity index (χ4v) is 4.07. The van der Waals surface area contributed by atoms with Gasteiger partial charge < -0.3 is 10.1 Å². The topological polar surface area (TPSA) is 69.0 Å². The summed E-state index contributed by atoms with van der Waals surface area (Å²) in [6.07, 6.45) is 1.32. The Morgan fingerprint density at radius 3 is 2.66 bits per heavy atom. The molecular weight excluding hydrogens is 491 g/mol. The molecule has 6 nitrogen and oxygen atoms in total. The summed E-state index contributed by atoms with van der Waals surface area (Å²) in [7, 11) is 0. The molecule has 0 saturated carbocycles. The first-order valence-corrected chi connectivity index (χ1v) is 11.7. The third kappa shape index (κ3) is 6.19. The summed E-state index contributed by atoms with van der Waals surface area (Å²) in [5.74, 6) is 1.10. The standard InChI is InChI=1S/C22H21Cl3N4O2S/c1-4-9-29-21(14(3)31-19-10-13(2)5-7-17(19)24)27-28-22(29)32-12-20(30)26-15-6-8-16(23)18(25)11-15/h4-8,10-11,14H,1,9,12H2,2-3H3,(H,26,30). The van der Waals surface area contributed by atoms with Gasteiger partial charge in [0.25, 0.3) is 0 Å². The molecule has 0 fully saturated rings. The molecule has 3 rings (SSSR count). The molecule has 0 aliphatic heterocycles. The van der Waals surface area contributed by atoms with Crippen LogP contribution in [0.3, 0.4) is 0 Å². The number of hydrogen-bond acceptors (Lipinski definition) is 5. The minimum Gasteiger partial charge on any atom is -0.481 e. The number of nitrogens with zero attached hydrogens (tertiary/aromatic N) is 3. The Bertz CT molecular complexity index is 1140. The van der Waals surface area contributed by atoms with E-state index in [2.05, 4.69) is 22.1 Å². The Hall–Kier alpha value is -2.19. The Labute approximate surface area is 205 Å². The van der Waals surface area contributed by atoms with Gasteiger partial charge in [-0.15, -0.1) is 16.8 Å². The van der Waals surface area contributed by atoms with E-state index in [1.807, 2.05) is 30.5 Å². The summed E-state index contributed by atoms with van der Waals surface area (Å²) in [6.45, 7) is 8.10. The van der Waals surface area contributed by atoms with E-state index in [-0.39, 0.29) is 11.7 Å². The maximum atomic E-state index is 12.4. The second kappa shape index (κ2) is 11.1. The number of carbonyl (C=O) groups excluding carboxylic acids is 1. The highest BCUT2D eigenvalue weighted by Crippen LogP contribution is 2.31. The van der Waals surface area contributed by atoms with Crippen LogP contribution >= 0.6 is 46.6 Å². The van der Waals surface area contributed by atoms with Crippen LogP contribution in [0.4, 0.5) is 5.69 Å². The van der Waals surface area contributed by atoms with E-state index in [0.29, 0.717) is 44.0 Å². The predicted molar refractivity (Wildman–Crippen MR) is 131 cm³/mol. The minimum atomic E-state index is -0.416. The van der Waals surface area contributed by atoms with Gasteiger partial charge in [-0.1, -0.05) is 58.7 Å². The number of nitrogens with one attached hydrogen (secondary N) is 1. The highest BCUT2D eigenvalue weighted by Gasteiger charge is 2.20. The molecule has 1 N–H and O–H groups in total. The van der Waals surface area contributed by atoms with Crippen molar-refractivity contribution in [3.63, 3.8) is 0 Å². The van der Waals surface area contributed by atoms with Crippen LogP contribution in [0.5, 0.6) is 5.75 Å². The van der Waals surface area contributed by atoms with Crippen LogP contribution < -0.4 is 10.1 Å². The number of benzene rings is 2. The van der Waals surface area contributed by atoms with Crippen LogP contribution in [0.2, 0.25) is 15.1 Å². The summed E-state index contributed by atoms with van der Waals surface area (Å²) in [5.41, 5.74) is 1.60. The Kier molecular flexibility index (Phi) is 8.48. The average Bonchev–Trinajstić information content (AvgIpc) is 3.15. The molecule has 0 saturated heterocycles. The zero-order chi connectivity index (χ0) is 23.3. The number of aromatic nitrogens is 3. The van der Waals surface area contributed by atoms with Gasteiger partial charge in [-0.3, -0.25) is 9.36 Å². The first-order valence-electron chi connectivity index (χ1n) is 9.63. The van der Waals surface area contributed by atoms with Crippen LogP contribution in [0.25, 0.3) is 0 Å². The smallest absolute Gasteiger partial charge is 0.234 e. The maximum Gasteiger partial charge on any atom is 0.234 e. The van der Waals surface area contributed by atoms with Crippen LogP contribution in [-0.2, 0) is 11.3 Å². The van der Waals surface area contributed by atoms with Gasteiger partial charge in [0.05, 0.1) is 20.8 Å². The number of halogens is 3. The van der Waals surface area contributed by atoms with Crippen molar-refractivity contribution >= 4 is 58.2 Å². The zero-order valence-electron chi connectivity index (χ0n) is 17.4. The lowest BCUT2D eigenvalue weighted by atomic mass is 10.2. The fraction of sp³-hybridized carbons (Fsp3) is 0.227. The van der Waals surface area contributed by atoms with Crippen LogP contribution in [0, 0.1) is 6.92 Å². The second-order valence-electron chi connectivity index (χ2n) is 6.90. The van der Waals surface area contributed by atoms with Crippen molar-refractivity contribution in [2.45, 2.75) is 31.7 Å². The lowest BCUT2D eigenvalue weighted by Crippen LogP contribution is -2.15. The number of rotatable bonds is 9. The predicted octanol–water partition coefficient (Wildman–Crippen LogP) is 6.60. The van der Waals surface area contributed by atoms with E-state index in [1.165, 1.54) is 11.8 Å². The third-order valence-electron chi connectivity index (χ3n) is 4.35. The molecule has 1 unspecified atom stereocenters. The van der Waals surface area contributed by atoms with E-state index >= 15 is 0 Å². The molecule has 0 aliphatic rings. The number of ether oxygens (including phenoxy) is 1. The fourth-order valence-electron chi connectivity index (χ4n) is 2.85. The van der Waals surface area contributed by atoms with E-state index < -0.39 is 6.10 Å². The Morgan fingerprint density at radius 1 is 1.19 bits per heavy atom. The summed E-state index contributed by atoms with van der Waals surface area (Å²) in [6, 6.07) is 10.5. The highest BCUT2D eigenvalue weighted by molar-refractivity contribution is 7.99. The van der Waals surface area contributed by atoms with Crippen molar-refractivity contribution in [3.8, 4) is 5.75 Å². The van der Waals surface area contributed by atoms with Crippen LogP contribution in [-0.4, -0.2) is 26.4 Å². The van der Waals surface area contributed by atoms with Gasteiger partial charge in [0.1, 0.15) is 5.75 Å². The number of hydrogen-bond donors (Lipinski definition) is 1. The van der Waals surface area contributed by atoms with Gasteiger partial charge >= 0.3 is 0 Å². The molecule has 32 heavy (non-hydrogen) atoms. The molecule has 0 bridgehead atoms. The zero-order valence-corrected chi connectivity index (χ0v) is 20.5. The van der Waals surface area contributed by atoms with Crippen molar-refractivity contribution in [2.24, 2.45) is 0 Å². The number of amides is 1. The SMILES string of the molecule is C=CCn1c(SCC(=O)Nc2ccc(Cl)c(Cl)c2)nnc1C(C)Oc1cc(C)ccc1Cl. The van der Waals surface area contributed by atoms with Crippen molar-refractivity contribution < 1.29 is 9.53 Å². The highest BCUT2D eigenvalue weighted by atomic mass is 35.5. The number of carbonyl (C=O) groups is 1. The summed E-state index contributed by atoms with van der Waals surface area (Å²) in [5, 5.41) is 13.2. The van der Waals surface area contributed by atoms with E-state index in [9.17, 15) is 4.79 Å². The van der Waals surface area contributed by atoms with E-state index in [1.54, 1.807) is 30.3 Å². The quantitative estimate of drug-likeness (QED) is 0.259. The monoisotopic (exact) mass is 510 g/mol. The van der Waals surface area contributed by atoms with Crippen molar-refractivity contribution in [2.75, 3.05) is 11.1 Å². The van der Waals surface area contributed by atoms with Crippen LogP contribution in [0.1, 0.15) is 24.4 Å². The second-order valence-corrected chi connectivity index (χ2v) is 9.06. The molecule has 0 aliphatic carbocycles. The first kappa shape index (κ1) is 24.5. The molecule has 2 aromatic carbocycles. The molecule has 168 valence electrons. The number of aryl methyl sites for hydroxylation is 1. The normalized spacial score (nSPS) is 11.8. The maximum absolute atomic E-state index is 12.4. The minimum absolute atomic E-state index is 0.133. The van der Waals surface area contributed by atoms with Crippen molar-refractivity contribution in [1.29, 1.82) is 0 Å². The van der Waals surface area contributed by atoms with Crippen molar-refractivity contribution in [1.82, 2.24) is 14.8 Å². The molecule has 1 aromatic heterocycles. The van der Waals surface area contributed by atoms with Crippen molar-refractivity contribution in [3.05, 3.63) is 75.5 Å². The van der Waals surface area contributed by atoms with E-state index in [4.69, 9.17) is 39.5 Å². The van der Waals surface area contributed by atoms with Gasteiger partial charge in [0, 0.05) is 12.2 Å². The summed E-state index contributed by atoms with van der Waals surface area (Å²) < 4.78 is 7.90. The molecular formula is C22H21Cl3N4O2S. The number of thioether (sulfide) groups is 1. The van der Waals surface area contributed by atoms with E-state index in [0.717, 1.165) is 5.56 Å². The lowest BCUT2D eigenvalue weighted by Gasteiger charge is -2.17. The first-order chi connectivity index (χ1) is 15.3. The van der Waals surface area contributed by atoms with Crippen LogP contribution in [0.15, 0.2) is 54.2 Å². The van der Waals surface area contributed by atoms with Gasteiger partial charge in [0.15, 0.2) is 17.1 Å². The Morgan fingerprint density at radius 2 is 1.94 bits per heavy atom. The van der Waals surface area contributed by atoms with Gasteiger partial charge in [-0.2, -0.15) is 0 Å². The molecule has 10 heteroatoms. The van der Waals surface area contributed by atoms with Gasteiger partial charge in [-0.25, -0.2) is 0 Å². The number of allylic oxidation sites excluding steroid dienone is 1. The lowest BCUT2D eigenvalue weighted by molar-refractivity contribution is -0.113. The summed E-state index contributed by atoms with van der Waals surface area (Å²) in [4.78, 5) is 12.4. The number of anilines is 1. The molecule has 3 aromatic rings. The third-order valence-corrected chi connectivity index (χ3v) is 6.36. The molecule has 1 atom stereocenters.